The van der Waals surface area contributed by atoms with Crippen LogP contribution in [0, 0.1) is 5.82 Å². The van der Waals surface area contributed by atoms with Crippen molar-refractivity contribution in [1.82, 2.24) is 0 Å². The molecule has 0 bridgehead atoms. The Labute approximate surface area is 77.2 Å². The molecule has 0 saturated heterocycles. The maximum atomic E-state index is 13.1. The Morgan fingerprint density at radius 3 is 2.69 bits per heavy atom. The van der Waals surface area contributed by atoms with Gasteiger partial charge in [-0.2, -0.15) is 0 Å². The number of halogens is 1. The Hall–Kier alpha value is -0.930. The van der Waals surface area contributed by atoms with Crippen molar-refractivity contribution in [3.05, 3.63) is 35.6 Å². The van der Waals surface area contributed by atoms with Crippen molar-refractivity contribution in [2.24, 2.45) is 5.73 Å². The van der Waals surface area contributed by atoms with Gasteiger partial charge in [0.25, 0.3) is 0 Å². The second-order valence-corrected chi connectivity index (χ2v) is 2.97. The zero-order valence-electron chi connectivity index (χ0n) is 7.41. The van der Waals surface area contributed by atoms with Gasteiger partial charge in [-0.1, -0.05) is 18.2 Å². The summed E-state index contributed by atoms with van der Waals surface area (Å²) < 4.78 is 13.1. The van der Waals surface area contributed by atoms with Gasteiger partial charge in [0, 0.05) is 5.56 Å². The molecule has 1 rings (SSSR count). The summed E-state index contributed by atoms with van der Waals surface area (Å²) in [6, 6.07) is 6.26. The van der Waals surface area contributed by atoms with Crippen LogP contribution >= 0.6 is 0 Å². The molecule has 1 aromatic rings. The summed E-state index contributed by atoms with van der Waals surface area (Å²) in [6.07, 6.45) is 0.483. The lowest BCUT2D eigenvalue weighted by Gasteiger charge is -2.10. The van der Waals surface area contributed by atoms with Gasteiger partial charge in [-0.3, -0.25) is 0 Å². The average Bonchev–Trinajstić information content (AvgIpc) is 2.15. The smallest absolute Gasteiger partial charge is 0.128 e. The van der Waals surface area contributed by atoms with Crippen molar-refractivity contribution < 1.29 is 9.50 Å². The summed E-state index contributed by atoms with van der Waals surface area (Å²) >= 11 is 0. The van der Waals surface area contributed by atoms with Gasteiger partial charge in [-0.05, 0) is 25.5 Å². The summed E-state index contributed by atoms with van der Waals surface area (Å²) in [6.45, 7) is 0.519. The van der Waals surface area contributed by atoms with Crippen LogP contribution in [0.2, 0.25) is 0 Å². The first kappa shape index (κ1) is 10.2. The third-order valence-electron chi connectivity index (χ3n) is 1.95. The van der Waals surface area contributed by atoms with Gasteiger partial charge in [-0.15, -0.1) is 0 Å². The van der Waals surface area contributed by atoms with Gasteiger partial charge in [0.15, 0.2) is 0 Å². The van der Waals surface area contributed by atoms with E-state index in [1.54, 1.807) is 18.2 Å². The number of rotatable bonds is 4. The van der Waals surface area contributed by atoms with Crippen LogP contribution in [0.4, 0.5) is 4.39 Å². The van der Waals surface area contributed by atoms with Crippen molar-refractivity contribution in [2.75, 3.05) is 6.54 Å². The van der Waals surface area contributed by atoms with E-state index in [0.717, 1.165) is 0 Å². The van der Waals surface area contributed by atoms with Crippen LogP contribution in [0.1, 0.15) is 24.5 Å². The molecule has 0 saturated carbocycles. The van der Waals surface area contributed by atoms with Crippen molar-refractivity contribution in [2.45, 2.75) is 18.9 Å². The minimum atomic E-state index is -0.732. The average molecular weight is 183 g/mol. The van der Waals surface area contributed by atoms with E-state index in [1.807, 2.05) is 0 Å². The third-order valence-corrected chi connectivity index (χ3v) is 1.95. The largest absolute Gasteiger partial charge is 0.388 e. The third kappa shape index (κ3) is 2.79. The van der Waals surface area contributed by atoms with Gasteiger partial charge in [0.2, 0.25) is 0 Å². The predicted octanol–water partition coefficient (Wildman–Crippen LogP) is 1.60. The molecule has 1 aromatic carbocycles. The Morgan fingerprint density at radius 1 is 1.38 bits per heavy atom. The Kier molecular flexibility index (Phi) is 3.86. The van der Waals surface area contributed by atoms with Crippen LogP contribution in [-0.2, 0) is 0 Å². The molecule has 0 radical (unpaired) electrons. The molecule has 13 heavy (non-hydrogen) atoms. The minimum absolute atomic E-state index is 0.355. The zero-order chi connectivity index (χ0) is 9.68. The molecule has 0 aliphatic heterocycles. The molecule has 72 valence electrons. The SMILES string of the molecule is NCCCC(O)c1ccccc1F. The van der Waals surface area contributed by atoms with Gasteiger partial charge >= 0.3 is 0 Å². The summed E-state index contributed by atoms with van der Waals surface area (Å²) in [5, 5.41) is 9.54. The lowest BCUT2D eigenvalue weighted by atomic mass is 10.0. The summed E-state index contributed by atoms with van der Waals surface area (Å²) in [7, 11) is 0. The molecule has 0 amide bonds. The topological polar surface area (TPSA) is 46.2 Å². The van der Waals surface area contributed by atoms with E-state index in [9.17, 15) is 9.50 Å². The van der Waals surface area contributed by atoms with E-state index in [0.29, 0.717) is 24.9 Å². The highest BCUT2D eigenvalue weighted by atomic mass is 19.1. The van der Waals surface area contributed by atoms with E-state index >= 15 is 0 Å². The van der Waals surface area contributed by atoms with Crippen molar-refractivity contribution in [3.8, 4) is 0 Å². The molecule has 3 heteroatoms. The fraction of sp³-hybridized carbons (Fsp3) is 0.400. The Bertz CT molecular complexity index is 265. The lowest BCUT2D eigenvalue weighted by Crippen LogP contribution is -2.05. The highest BCUT2D eigenvalue weighted by Gasteiger charge is 2.10. The van der Waals surface area contributed by atoms with E-state index in [-0.39, 0.29) is 5.82 Å². The van der Waals surface area contributed by atoms with Gasteiger partial charge in [0.1, 0.15) is 5.82 Å². The molecule has 0 aliphatic carbocycles. The first-order chi connectivity index (χ1) is 6.25. The highest BCUT2D eigenvalue weighted by Crippen LogP contribution is 2.20. The highest BCUT2D eigenvalue weighted by molar-refractivity contribution is 5.19. The number of aliphatic hydroxyl groups excluding tert-OH is 1. The van der Waals surface area contributed by atoms with Crippen molar-refractivity contribution in [1.29, 1.82) is 0 Å². The van der Waals surface area contributed by atoms with Crippen LogP contribution in [0.25, 0.3) is 0 Å². The maximum Gasteiger partial charge on any atom is 0.128 e. The monoisotopic (exact) mass is 183 g/mol. The summed E-state index contributed by atoms with van der Waals surface area (Å²) in [4.78, 5) is 0. The van der Waals surface area contributed by atoms with Gasteiger partial charge < -0.3 is 10.8 Å². The summed E-state index contributed by atoms with van der Waals surface area (Å²) in [5.41, 5.74) is 5.65. The fourth-order valence-corrected chi connectivity index (χ4v) is 1.21. The zero-order valence-corrected chi connectivity index (χ0v) is 7.41. The molecule has 0 spiro atoms. The quantitative estimate of drug-likeness (QED) is 0.744. The fourth-order valence-electron chi connectivity index (χ4n) is 1.21. The predicted molar refractivity (Wildman–Crippen MR) is 49.6 cm³/mol. The van der Waals surface area contributed by atoms with Gasteiger partial charge in [0.05, 0.1) is 6.10 Å². The maximum absolute atomic E-state index is 13.1. The Morgan fingerprint density at radius 2 is 2.08 bits per heavy atom. The van der Waals surface area contributed by atoms with Crippen LogP contribution in [0.15, 0.2) is 24.3 Å². The van der Waals surface area contributed by atoms with Crippen LogP contribution in [0.5, 0.6) is 0 Å². The number of hydrogen-bond acceptors (Lipinski definition) is 2. The number of nitrogens with two attached hydrogens (primary N) is 1. The van der Waals surface area contributed by atoms with E-state index in [4.69, 9.17) is 5.73 Å². The summed E-state index contributed by atoms with van der Waals surface area (Å²) in [5.74, 6) is -0.355. The number of hydrogen-bond donors (Lipinski definition) is 2. The molecule has 1 unspecified atom stereocenters. The molecule has 2 nitrogen and oxygen atoms in total. The first-order valence-corrected chi connectivity index (χ1v) is 4.38. The molecular formula is C10H14FNO. The van der Waals surface area contributed by atoms with Crippen LogP contribution < -0.4 is 5.73 Å². The molecule has 0 heterocycles. The minimum Gasteiger partial charge on any atom is -0.388 e. The van der Waals surface area contributed by atoms with Gasteiger partial charge in [-0.25, -0.2) is 4.39 Å². The standard InChI is InChI=1S/C10H14FNO/c11-9-5-2-1-4-8(9)10(13)6-3-7-12/h1-2,4-5,10,13H,3,6-7,12H2. The molecule has 0 aromatic heterocycles. The number of aliphatic hydroxyl groups is 1. The number of benzene rings is 1. The molecule has 3 N–H and O–H groups in total. The molecule has 0 fully saturated rings. The van der Waals surface area contributed by atoms with Crippen LogP contribution in [-0.4, -0.2) is 11.7 Å². The van der Waals surface area contributed by atoms with Crippen molar-refractivity contribution >= 4 is 0 Å². The van der Waals surface area contributed by atoms with Crippen LogP contribution in [0.3, 0.4) is 0 Å². The second-order valence-electron chi connectivity index (χ2n) is 2.97. The second kappa shape index (κ2) is 4.94. The van der Waals surface area contributed by atoms with E-state index < -0.39 is 6.10 Å². The molecule has 0 aliphatic rings. The van der Waals surface area contributed by atoms with Crippen molar-refractivity contribution in [3.63, 3.8) is 0 Å². The van der Waals surface area contributed by atoms with E-state index in [2.05, 4.69) is 0 Å². The normalized spacial score (nSPS) is 12.8. The molecular weight excluding hydrogens is 169 g/mol. The Balaban J connectivity index is 2.65. The first-order valence-electron chi connectivity index (χ1n) is 4.38. The molecule has 1 atom stereocenters. The van der Waals surface area contributed by atoms with E-state index in [1.165, 1.54) is 6.07 Å². The lowest BCUT2D eigenvalue weighted by molar-refractivity contribution is 0.161.